The first kappa shape index (κ1) is 15.9. The molecule has 0 spiro atoms. The summed E-state index contributed by atoms with van der Waals surface area (Å²) in [5.41, 5.74) is 2.27. The number of hydrogen-bond acceptors (Lipinski definition) is 6. The molecule has 26 heavy (non-hydrogen) atoms. The summed E-state index contributed by atoms with van der Waals surface area (Å²) < 4.78 is 6.75. The number of pyridine rings is 1. The normalized spacial score (nSPS) is 22.2. The van der Waals surface area contributed by atoms with Gasteiger partial charge in [0.25, 0.3) is 0 Å². The lowest BCUT2D eigenvalue weighted by molar-refractivity contribution is 0.419. The number of rotatable bonds is 3. The lowest BCUT2D eigenvalue weighted by Crippen LogP contribution is -2.29. The van der Waals surface area contributed by atoms with Gasteiger partial charge in [-0.2, -0.15) is 0 Å². The van der Waals surface area contributed by atoms with Crippen LogP contribution in [-0.2, 0) is 0 Å². The molecule has 4 heterocycles. The highest BCUT2D eigenvalue weighted by Gasteiger charge is 2.41. The van der Waals surface area contributed by atoms with E-state index < -0.39 is 0 Å². The summed E-state index contributed by atoms with van der Waals surface area (Å²) >= 11 is 1.80. The van der Waals surface area contributed by atoms with Crippen LogP contribution < -0.4 is 14.5 Å². The van der Waals surface area contributed by atoms with Gasteiger partial charge in [-0.15, -0.1) is 0 Å². The van der Waals surface area contributed by atoms with Crippen LogP contribution in [-0.4, -0.2) is 43.3 Å². The summed E-state index contributed by atoms with van der Waals surface area (Å²) in [6, 6.07) is 10.3. The van der Waals surface area contributed by atoms with Crippen molar-refractivity contribution in [3.63, 3.8) is 0 Å². The van der Waals surface area contributed by atoms with Crippen LogP contribution in [0.5, 0.6) is 5.75 Å². The van der Waals surface area contributed by atoms with E-state index in [4.69, 9.17) is 9.72 Å². The van der Waals surface area contributed by atoms with E-state index in [1.165, 1.54) is 10.3 Å². The molecule has 0 saturated carbocycles. The Morgan fingerprint density at radius 3 is 2.50 bits per heavy atom. The summed E-state index contributed by atoms with van der Waals surface area (Å²) in [5.74, 6) is 3.35. The molecule has 2 saturated heterocycles. The van der Waals surface area contributed by atoms with Crippen molar-refractivity contribution in [2.45, 2.75) is 6.92 Å². The van der Waals surface area contributed by atoms with Crippen molar-refractivity contribution in [2.24, 2.45) is 11.8 Å². The van der Waals surface area contributed by atoms with E-state index in [0.717, 1.165) is 48.4 Å². The van der Waals surface area contributed by atoms with E-state index in [0.29, 0.717) is 11.8 Å². The molecule has 5 nitrogen and oxygen atoms in total. The van der Waals surface area contributed by atoms with Gasteiger partial charge in [0.05, 0.1) is 11.8 Å². The van der Waals surface area contributed by atoms with Crippen LogP contribution in [0, 0.1) is 18.8 Å². The van der Waals surface area contributed by atoms with Crippen molar-refractivity contribution >= 4 is 32.5 Å². The van der Waals surface area contributed by atoms with Gasteiger partial charge in [0.15, 0.2) is 5.13 Å². The van der Waals surface area contributed by atoms with Crippen molar-refractivity contribution in [3.8, 4) is 5.75 Å². The van der Waals surface area contributed by atoms with Crippen molar-refractivity contribution in [1.29, 1.82) is 0 Å². The summed E-state index contributed by atoms with van der Waals surface area (Å²) in [6.07, 6.45) is 1.88. The first-order valence-corrected chi connectivity index (χ1v) is 9.89. The Kier molecular flexibility index (Phi) is 3.74. The number of benzene rings is 1. The Labute approximate surface area is 157 Å². The zero-order valence-electron chi connectivity index (χ0n) is 15.1. The number of aryl methyl sites for hydroxylation is 1. The minimum Gasteiger partial charge on any atom is -0.494 e. The maximum Gasteiger partial charge on any atom is 0.186 e. The topological polar surface area (TPSA) is 41.5 Å². The van der Waals surface area contributed by atoms with E-state index in [-0.39, 0.29) is 0 Å². The summed E-state index contributed by atoms with van der Waals surface area (Å²) in [7, 11) is 1.72. The molecule has 2 aliphatic heterocycles. The van der Waals surface area contributed by atoms with Gasteiger partial charge in [0.2, 0.25) is 0 Å². The molecule has 6 heteroatoms. The predicted molar refractivity (Wildman–Crippen MR) is 107 cm³/mol. The van der Waals surface area contributed by atoms with Crippen LogP contribution in [0.4, 0.5) is 10.9 Å². The summed E-state index contributed by atoms with van der Waals surface area (Å²) in [6.45, 7) is 6.48. The van der Waals surface area contributed by atoms with E-state index in [9.17, 15) is 0 Å². The fraction of sp³-hybridized carbons (Fsp3) is 0.400. The van der Waals surface area contributed by atoms with Crippen molar-refractivity contribution in [2.75, 3.05) is 43.1 Å². The van der Waals surface area contributed by atoms with E-state index in [2.05, 4.69) is 39.9 Å². The summed E-state index contributed by atoms with van der Waals surface area (Å²) in [4.78, 5) is 14.3. The van der Waals surface area contributed by atoms with Crippen LogP contribution in [0.2, 0.25) is 0 Å². The Morgan fingerprint density at radius 2 is 1.81 bits per heavy atom. The molecule has 0 aliphatic carbocycles. The molecule has 0 radical (unpaired) electrons. The quantitative estimate of drug-likeness (QED) is 0.709. The average Bonchev–Trinajstić information content (AvgIpc) is 3.35. The Morgan fingerprint density at radius 1 is 1.04 bits per heavy atom. The molecule has 2 atom stereocenters. The van der Waals surface area contributed by atoms with Gasteiger partial charge in [-0.3, -0.25) is 0 Å². The largest absolute Gasteiger partial charge is 0.494 e. The third-order valence-corrected chi connectivity index (χ3v) is 6.89. The molecule has 2 unspecified atom stereocenters. The third kappa shape index (κ3) is 2.51. The van der Waals surface area contributed by atoms with Gasteiger partial charge in [0.1, 0.15) is 17.1 Å². The number of anilines is 2. The van der Waals surface area contributed by atoms with Crippen molar-refractivity contribution in [1.82, 2.24) is 9.97 Å². The maximum atomic E-state index is 5.51. The minimum atomic E-state index is 0.687. The van der Waals surface area contributed by atoms with Crippen LogP contribution in [0.1, 0.15) is 5.56 Å². The summed E-state index contributed by atoms with van der Waals surface area (Å²) in [5, 5.41) is 1.13. The number of hydrogen-bond donors (Lipinski definition) is 0. The fourth-order valence-corrected chi connectivity index (χ4v) is 5.35. The molecule has 3 aromatic rings. The van der Waals surface area contributed by atoms with Crippen molar-refractivity contribution < 1.29 is 4.74 Å². The van der Waals surface area contributed by atoms with E-state index in [1.807, 2.05) is 18.3 Å². The van der Waals surface area contributed by atoms with Gasteiger partial charge in [-0.05, 0) is 30.7 Å². The van der Waals surface area contributed by atoms with Gasteiger partial charge in [-0.25, -0.2) is 9.97 Å². The van der Waals surface area contributed by atoms with Gasteiger partial charge in [-0.1, -0.05) is 23.5 Å². The highest BCUT2D eigenvalue weighted by atomic mass is 32.1. The lowest BCUT2D eigenvalue weighted by Gasteiger charge is -2.21. The SMILES string of the molecule is COc1ccc(C)c2sc(N3CC4CN(c5ccccn5)CC4C3)nc12. The molecular formula is C20H22N4OS. The number of methoxy groups -OCH3 is 1. The molecule has 2 fully saturated rings. The molecule has 2 aromatic heterocycles. The zero-order valence-corrected chi connectivity index (χ0v) is 15.9. The Balaban J connectivity index is 1.37. The second-order valence-electron chi connectivity index (χ2n) is 7.28. The van der Waals surface area contributed by atoms with Gasteiger partial charge < -0.3 is 14.5 Å². The molecular weight excluding hydrogens is 344 g/mol. The maximum absolute atomic E-state index is 5.51. The Bertz CT molecular complexity index is 928. The minimum absolute atomic E-state index is 0.687. The smallest absolute Gasteiger partial charge is 0.186 e. The average molecular weight is 366 g/mol. The second-order valence-corrected chi connectivity index (χ2v) is 8.25. The standard InChI is InChI=1S/C20H22N4OS/c1-13-6-7-16(25-2)18-19(13)26-20(22-18)24-11-14-9-23(10-15(14)12-24)17-5-3-4-8-21-17/h3-8,14-15H,9-12H2,1-2H3. The number of ether oxygens (including phenoxy) is 1. The highest BCUT2D eigenvalue weighted by molar-refractivity contribution is 7.22. The number of thiazole rings is 1. The van der Waals surface area contributed by atoms with Crippen LogP contribution >= 0.6 is 11.3 Å². The second kappa shape index (κ2) is 6.13. The molecule has 134 valence electrons. The predicted octanol–water partition coefficient (Wildman–Crippen LogP) is 3.58. The molecule has 2 aliphatic rings. The molecule has 5 rings (SSSR count). The van der Waals surface area contributed by atoms with Crippen LogP contribution in [0.3, 0.4) is 0 Å². The van der Waals surface area contributed by atoms with Gasteiger partial charge in [0, 0.05) is 44.2 Å². The first-order valence-electron chi connectivity index (χ1n) is 9.08. The lowest BCUT2D eigenvalue weighted by atomic mass is 10.0. The number of aromatic nitrogens is 2. The van der Waals surface area contributed by atoms with Crippen LogP contribution in [0.25, 0.3) is 10.2 Å². The molecule has 1 aromatic carbocycles. The molecule has 0 amide bonds. The highest BCUT2D eigenvalue weighted by Crippen LogP contribution is 2.40. The third-order valence-electron chi connectivity index (χ3n) is 5.64. The van der Waals surface area contributed by atoms with E-state index in [1.54, 1.807) is 18.4 Å². The van der Waals surface area contributed by atoms with Crippen molar-refractivity contribution in [3.05, 3.63) is 42.1 Å². The molecule has 0 N–H and O–H groups in total. The Hall–Kier alpha value is -2.34. The van der Waals surface area contributed by atoms with E-state index >= 15 is 0 Å². The fourth-order valence-electron chi connectivity index (χ4n) is 4.28. The monoisotopic (exact) mass is 366 g/mol. The zero-order chi connectivity index (χ0) is 17.7. The van der Waals surface area contributed by atoms with Crippen LogP contribution in [0.15, 0.2) is 36.5 Å². The van der Waals surface area contributed by atoms with Gasteiger partial charge >= 0.3 is 0 Å². The number of fused-ring (bicyclic) bond motifs is 2. The number of nitrogens with zero attached hydrogens (tertiary/aromatic N) is 4. The first-order chi connectivity index (χ1) is 12.7. The molecule has 0 bridgehead atoms.